The number of carbonyl (C=O) groups excluding carboxylic acids is 1. The number of likely N-dealkylation sites (tertiary alicyclic amines) is 1. The minimum Gasteiger partial charge on any atom is -0.489 e. The number of aromatic nitrogens is 1. The van der Waals surface area contributed by atoms with Crippen molar-refractivity contribution >= 4 is 16.8 Å². The number of amides is 1. The van der Waals surface area contributed by atoms with Gasteiger partial charge in [-0.3, -0.25) is 4.79 Å². The Kier molecular flexibility index (Phi) is 6.85. The monoisotopic (exact) mass is 439 g/mol. The van der Waals surface area contributed by atoms with Crippen LogP contribution in [0, 0.1) is 11.6 Å². The van der Waals surface area contributed by atoms with Crippen molar-refractivity contribution in [1.29, 1.82) is 0 Å². The number of hydrogen-bond acceptors (Lipinski definition) is 3. The molecule has 5 nitrogen and oxygen atoms in total. The molecule has 3 aromatic rings. The Morgan fingerprint density at radius 1 is 1.12 bits per heavy atom. The topological polar surface area (TPSA) is 46.5 Å². The fraction of sp³-hybridized carbons (Fsp3) is 0.320. The molecule has 2 heterocycles. The largest absolute Gasteiger partial charge is 0.489 e. The smallest absolute Gasteiger partial charge is 0.268 e. The summed E-state index contributed by atoms with van der Waals surface area (Å²) >= 11 is 0. The van der Waals surface area contributed by atoms with Gasteiger partial charge in [0.25, 0.3) is 5.91 Å². The molecular weight excluding hydrogens is 412 g/mol. The van der Waals surface area contributed by atoms with E-state index in [-0.39, 0.29) is 12.5 Å². The third-order valence-corrected chi connectivity index (χ3v) is 5.73. The van der Waals surface area contributed by atoms with Crippen molar-refractivity contribution in [3.63, 3.8) is 0 Å². The van der Waals surface area contributed by atoms with E-state index in [2.05, 4.69) is 16.8 Å². The molecule has 0 saturated carbocycles. The number of nitrogens with zero attached hydrogens (tertiary/aromatic N) is 2. The van der Waals surface area contributed by atoms with Gasteiger partial charge in [-0.2, -0.15) is 0 Å². The van der Waals surface area contributed by atoms with Crippen LogP contribution in [0.25, 0.3) is 10.9 Å². The number of ether oxygens (including phenoxy) is 1. The molecule has 1 aromatic heterocycles. The summed E-state index contributed by atoms with van der Waals surface area (Å²) in [5.41, 5.74) is 1.78. The highest BCUT2D eigenvalue weighted by molar-refractivity contribution is 6.00. The summed E-state index contributed by atoms with van der Waals surface area (Å²) in [6.07, 6.45) is 4.05. The van der Waals surface area contributed by atoms with Crippen LogP contribution in [-0.4, -0.2) is 48.2 Å². The number of carbonyl (C=O) groups is 1. The molecule has 1 amide bonds. The average Bonchev–Trinajstić information content (AvgIpc) is 3.43. The predicted octanol–water partition coefficient (Wildman–Crippen LogP) is 4.36. The summed E-state index contributed by atoms with van der Waals surface area (Å²) in [7, 11) is 0. The van der Waals surface area contributed by atoms with Gasteiger partial charge in [0.2, 0.25) is 0 Å². The molecular formula is C25H27F2N3O2. The zero-order chi connectivity index (χ0) is 22.5. The quantitative estimate of drug-likeness (QED) is 0.504. The molecule has 1 saturated heterocycles. The van der Waals surface area contributed by atoms with Gasteiger partial charge in [-0.05, 0) is 61.8 Å². The van der Waals surface area contributed by atoms with Crippen LogP contribution in [0.4, 0.5) is 8.78 Å². The normalized spacial score (nSPS) is 14.1. The molecule has 7 heteroatoms. The van der Waals surface area contributed by atoms with E-state index < -0.39 is 11.6 Å². The lowest BCUT2D eigenvalue weighted by molar-refractivity contribution is 0.0941. The first-order chi connectivity index (χ1) is 15.6. The van der Waals surface area contributed by atoms with Crippen molar-refractivity contribution in [2.24, 2.45) is 0 Å². The van der Waals surface area contributed by atoms with Crippen LogP contribution in [0.1, 0.15) is 28.9 Å². The summed E-state index contributed by atoms with van der Waals surface area (Å²) in [5, 5.41) is 3.78. The van der Waals surface area contributed by atoms with Crippen molar-refractivity contribution < 1.29 is 18.3 Å². The summed E-state index contributed by atoms with van der Waals surface area (Å²) in [5.74, 6) is -1.38. The second kappa shape index (κ2) is 9.96. The molecule has 1 aliphatic rings. The minimum absolute atomic E-state index is 0.211. The van der Waals surface area contributed by atoms with Crippen molar-refractivity contribution in [2.75, 3.05) is 32.8 Å². The molecule has 0 radical (unpaired) electrons. The highest BCUT2D eigenvalue weighted by Gasteiger charge is 2.19. The van der Waals surface area contributed by atoms with E-state index in [4.69, 9.17) is 4.74 Å². The second-order valence-corrected chi connectivity index (χ2v) is 7.96. The van der Waals surface area contributed by atoms with Gasteiger partial charge in [0.15, 0.2) is 11.6 Å². The first-order valence-electron chi connectivity index (χ1n) is 10.9. The van der Waals surface area contributed by atoms with Crippen LogP contribution in [0.2, 0.25) is 0 Å². The van der Waals surface area contributed by atoms with Crippen molar-refractivity contribution in [2.45, 2.75) is 19.4 Å². The van der Waals surface area contributed by atoms with Gasteiger partial charge < -0.3 is 19.5 Å². The molecule has 1 fully saturated rings. The maximum Gasteiger partial charge on any atom is 0.268 e. The average molecular weight is 440 g/mol. The zero-order valence-corrected chi connectivity index (χ0v) is 17.9. The lowest BCUT2D eigenvalue weighted by atomic mass is 10.2. The first-order valence-corrected chi connectivity index (χ1v) is 10.9. The van der Waals surface area contributed by atoms with E-state index >= 15 is 0 Å². The highest BCUT2D eigenvalue weighted by Crippen LogP contribution is 2.30. The standard InChI is InChI=1S/C25H27F2N3O2/c1-2-14-32-24-7-5-6-22-19(24)16-23(25(31)28-10-13-29-11-3-4-12-29)30(22)17-18-8-9-20(26)21(27)15-18/h2,5-9,15-16H,1,3-4,10-14,17H2,(H,28,31). The zero-order valence-electron chi connectivity index (χ0n) is 17.9. The van der Waals surface area contributed by atoms with E-state index in [1.54, 1.807) is 12.1 Å². The van der Waals surface area contributed by atoms with E-state index in [1.807, 2.05) is 22.8 Å². The number of nitrogens with one attached hydrogen (secondary N) is 1. The van der Waals surface area contributed by atoms with Crippen molar-refractivity contribution in [1.82, 2.24) is 14.8 Å². The van der Waals surface area contributed by atoms with Gasteiger partial charge in [-0.1, -0.05) is 24.8 Å². The van der Waals surface area contributed by atoms with Gasteiger partial charge in [-0.25, -0.2) is 8.78 Å². The molecule has 1 N–H and O–H groups in total. The van der Waals surface area contributed by atoms with Crippen molar-refractivity contribution in [3.8, 4) is 5.75 Å². The molecule has 168 valence electrons. The van der Waals surface area contributed by atoms with Crippen LogP contribution < -0.4 is 10.1 Å². The Balaban J connectivity index is 1.65. The van der Waals surface area contributed by atoms with Gasteiger partial charge in [-0.15, -0.1) is 0 Å². The lowest BCUT2D eigenvalue weighted by Gasteiger charge is -2.15. The number of rotatable bonds is 9. The molecule has 2 aromatic carbocycles. The van der Waals surface area contributed by atoms with E-state index in [0.717, 1.165) is 42.7 Å². The predicted molar refractivity (Wildman–Crippen MR) is 121 cm³/mol. The van der Waals surface area contributed by atoms with Gasteiger partial charge >= 0.3 is 0 Å². The molecule has 0 unspecified atom stereocenters. The van der Waals surface area contributed by atoms with Crippen LogP contribution in [0.3, 0.4) is 0 Å². The van der Waals surface area contributed by atoms with Crippen LogP contribution in [-0.2, 0) is 6.54 Å². The summed E-state index contributed by atoms with van der Waals surface area (Å²) in [6, 6.07) is 11.1. The molecule has 0 atom stereocenters. The van der Waals surface area contributed by atoms with Crippen LogP contribution in [0.15, 0.2) is 55.1 Å². The van der Waals surface area contributed by atoms with E-state index in [0.29, 0.717) is 30.2 Å². The Labute approximate surface area is 186 Å². The number of halogens is 2. The van der Waals surface area contributed by atoms with Gasteiger partial charge in [0, 0.05) is 25.0 Å². The Morgan fingerprint density at radius 2 is 1.94 bits per heavy atom. The molecule has 0 spiro atoms. The summed E-state index contributed by atoms with van der Waals surface area (Å²) in [4.78, 5) is 15.4. The number of fused-ring (bicyclic) bond motifs is 1. The van der Waals surface area contributed by atoms with Crippen LogP contribution in [0.5, 0.6) is 5.75 Å². The van der Waals surface area contributed by atoms with Gasteiger partial charge in [0.05, 0.1) is 5.52 Å². The molecule has 32 heavy (non-hydrogen) atoms. The second-order valence-electron chi connectivity index (χ2n) is 7.96. The van der Waals surface area contributed by atoms with E-state index in [9.17, 15) is 13.6 Å². The Bertz CT molecular complexity index is 1120. The number of benzene rings is 2. The highest BCUT2D eigenvalue weighted by atomic mass is 19.2. The third kappa shape index (κ3) is 4.83. The first kappa shape index (κ1) is 22.0. The summed E-state index contributed by atoms with van der Waals surface area (Å²) in [6.45, 7) is 7.73. The fourth-order valence-electron chi connectivity index (χ4n) is 4.14. The van der Waals surface area contributed by atoms with Crippen molar-refractivity contribution in [3.05, 3.63) is 78.0 Å². The Morgan fingerprint density at radius 3 is 2.69 bits per heavy atom. The molecule has 4 rings (SSSR count). The maximum absolute atomic E-state index is 13.8. The minimum atomic E-state index is -0.911. The lowest BCUT2D eigenvalue weighted by Crippen LogP contribution is -2.34. The molecule has 0 bridgehead atoms. The molecule has 1 aliphatic heterocycles. The molecule has 0 aliphatic carbocycles. The third-order valence-electron chi connectivity index (χ3n) is 5.73. The van der Waals surface area contributed by atoms with E-state index in [1.165, 1.54) is 18.9 Å². The fourth-order valence-corrected chi connectivity index (χ4v) is 4.14. The SMILES string of the molecule is C=CCOc1cccc2c1cc(C(=O)NCCN1CCCC1)n2Cc1ccc(F)c(F)c1. The summed E-state index contributed by atoms with van der Waals surface area (Å²) < 4.78 is 34.8. The maximum atomic E-state index is 13.8. The van der Waals surface area contributed by atoms with Gasteiger partial charge in [0.1, 0.15) is 18.1 Å². The van der Waals surface area contributed by atoms with Crippen LogP contribution >= 0.6 is 0 Å². The Hall–Kier alpha value is -3.19. The number of hydrogen-bond donors (Lipinski definition) is 1.